The number of H-pyrrole nitrogens is 1. The van der Waals surface area contributed by atoms with Gasteiger partial charge in [-0.25, -0.2) is 14.0 Å². The predicted molar refractivity (Wildman–Crippen MR) is 96.1 cm³/mol. The van der Waals surface area contributed by atoms with E-state index >= 15 is 0 Å². The number of rotatable bonds is 2. The normalized spacial score (nSPS) is 10.9. The van der Waals surface area contributed by atoms with E-state index in [0.29, 0.717) is 10.6 Å². The summed E-state index contributed by atoms with van der Waals surface area (Å²) >= 11 is 5.99. The maximum Gasteiger partial charge on any atom is 0.351 e. The molecule has 3 rings (SSSR count). The third-order valence-electron chi connectivity index (χ3n) is 3.94. The lowest BCUT2D eigenvalue weighted by atomic mass is 10.2. The Hall–Kier alpha value is -3.20. The van der Waals surface area contributed by atoms with Gasteiger partial charge in [0.2, 0.25) is 0 Å². The molecule has 134 valence electrons. The van der Waals surface area contributed by atoms with Crippen molar-refractivity contribution < 1.29 is 0 Å². The van der Waals surface area contributed by atoms with Crippen LogP contribution < -0.4 is 22.2 Å². The van der Waals surface area contributed by atoms with Crippen molar-refractivity contribution in [1.29, 1.82) is 0 Å². The first-order valence-electron chi connectivity index (χ1n) is 7.48. The van der Waals surface area contributed by atoms with Gasteiger partial charge in [0, 0.05) is 25.3 Å². The molecule has 26 heavy (non-hydrogen) atoms. The second kappa shape index (κ2) is 6.26. The molecule has 0 bridgehead atoms. The Labute approximate surface area is 150 Å². The predicted octanol–water partition coefficient (Wildman–Crippen LogP) is -0.0530. The smallest absolute Gasteiger partial charge is 0.302 e. The molecular formula is C16H14ClN5O4. The van der Waals surface area contributed by atoms with Crippen LogP contribution in [0.15, 0.2) is 43.6 Å². The summed E-state index contributed by atoms with van der Waals surface area (Å²) in [6.07, 6.45) is 1.20. The van der Waals surface area contributed by atoms with Crippen LogP contribution in [0.4, 0.5) is 0 Å². The minimum Gasteiger partial charge on any atom is -0.302 e. The molecule has 0 amide bonds. The summed E-state index contributed by atoms with van der Waals surface area (Å²) in [6, 6.07) is 4.76. The molecule has 0 radical (unpaired) electrons. The number of nitrogens with one attached hydrogen (secondary N) is 1. The van der Waals surface area contributed by atoms with Crippen molar-refractivity contribution >= 4 is 11.6 Å². The molecule has 1 aromatic carbocycles. The molecule has 0 aliphatic carbocycles. The highest BCUT2D eigenvalue weighted by molar-refractivity contribution is 6.30. The fourth-order valence-corrected chi connectivity index (χ4v) is 2.67. The summed E-state index contributed by atoms with van der Waals surface area (Å²) in [5.74, 6) is 0. The zero-order chi connectivity index (χ0) is 19.2. The Morgan fingerprint density at radius 3 is 2.46 bits per heavy atom. The van der Waals surface area contributed by atoms with Gasteiger partial charge in [-0.3, -0.25) is 19.1 Å². The first-order valence-corrected chi connectivity index (χ1v) is 7.86. The van der Waals surface area contributed by atoms with E-state index in [2.05, 4.69) is 10.2 Å². The van der Waals surface area contributed by atoms with Crippen LogP contribution in [0.2, 0.25) is 5.02 Å². The maximum absolute atomic E-state index is 12.9. The van der Waals surface area contributed by atoms with Crippen molar-refractivity contribution in [2.75, 3.05) is 0 Å². The van der Waals surface area contributed by atoms with Crippen LogP contribution in [0.3, 0.4) is 0 Å². The fraction of sp³-hybridized carbons (Fsp3) is 0.188. The molecule has 0 atom stereocenters. The molecule has 2 aromatic heterocycles. The Morgan fingerprint density at radius 1 is 1.08 bits per heavy atom. The molecule has 0 saturated carbocycles. The van der Waals surface area contributed by atoms with E-state index in [1.54, 1.807) is 19.1 Å². The Kier molecular flexibility index (Phi) is 4.25. The van der Waals surface area contributed by atoms with Crippen molar-refractivity contribution in [3.05, 3.63) is 76.4 Å². The summed E-state index contributed by atoms with van der Waals surface area (Å²) in [7, 11) is 2.71. The summed E-state index contributed by atoms with van der Waals surface area (Å²) in [5.41, 5.74) is -2.91. The zero-order valence-corrected chi connectivity index (χ0v) is 14.9. The molecule has 0 unspecified atom stereocenters. The van der Waals surface area contributed by atoms with Gasteiger partial charge in [-0.2, -0.15) is 5.10 Å². The minimum absolute atomic E-state index is 0.220. The molecule has 0 fully saturated rings. The van der Waals surface area contributed by atoms with Crippen LogP contribution in [0.1, 0.15) is 5.56 Å². The van der Waals surface area contributed by atoms with Crippen molar-refractivity contribution in [3.63, 3.8) is 0 Å². The average molecular weight is 376 g/mol. The Balaban J connectivity index is 2.45. The first-order chi connectivity index (χ1) is 12.2. The van der Waals surface area contributed by atoms with E-state index in [-0.39, 0.29) is 16.9 Å². The lowest BCUT2D eigenvalue weighted by Crippen LogP contribution is -2.42. The van der Waals surface area contributed by atoms with E-state index in [9.17, 15) is 19.2 Å². The van der Waals surface area contributed by atoms with E-state index in [1.807, 2.05) is 0 Å². The number of hydrogen-bond acceptors (Lipinski definition) is 5. The summed E-state index contributed by atoms with van der Waals surface area (Å²) < 4.78 is 2.78. The van der Waals surface area contributed by atoms with Gasteiger partial charge in [-0.15, -0.1) is 0 Å². The lowest BCUT2D eigenvalue weighted by molar-refractivity contribution is 0.633. The second-order valence-corrected chi connectivity index (χ2v) is 6.14. The van der Waals surface area contributed by atoms with Crippen molar-refractivity contribution in [2.45, 2.75) is 6.92 Å². The van der Waals surface area contributed by atoms with Crippen LogP contribution in [0.25, 0.3) is 16.9 Å². The van der Waals surface area contributed by atoms with Gasteiger partial charge in [-0.05, 0) is 24.6 Å². The molecule has 0 spiro atoms. The minimum atomic E-state index is -0.899. The average Bonchev–Trinajstić information content (AvgIpc) is 2.60. The monoisotopic (exact) mass is 375 g/mol. The van der Waals surface area contributed by atoms with Crippen molar-refractivity contribution in [1.82, 2.24) is 24.1 Å². The standard InChI is InChI=1S/C16H14ClN5O4/c1-8-4-5-9(17)6-11(8)22-14(24)12(19-21(3)16(22)26)10-7-18-20(2)15(25)13(10)23/h4-7,18H,1-3H3. The molecule has 0 saturated heterocycles. The van der Waals surface area contributed by atoms with E-state index in [4.69, 9.17) is 11.6 Å². The molecule has 10 heteroatoms. The van der Waals surface area contributed by atoms with Gasteiger partial charge in [0.05, 0.1) is 11.3 Å². The molecule has 0 aliphatic rings. The van der Waals surface area contributed by atoms with Crippen LogP contribution in [-0.2, 0) is 14.1 Å². The maximum atomic E-state index is 12.9. The van der Waals surface area contributed by atoms with Crippen LogP contribution >= 0.6 is 11.6 Å². The van der Waals surface area contributed by atoms with Crippen LogP contribution in [0.5, 0.6) is 0 Å². The number of benzene rings is 1. The Bertz CT molecular complexity index is 1270. The highest BCUT2D eigenvalue weighted by atomic mass is 35.5. The van der Waals surface area contributed by atoms with Gasteiger partial charge >= 0.3 is 11.2 Å². The van der Waals surface area contributed by atoms with Gasteiger partial charge in [0.15, 0.2) is 5.69 Å². The molecule has 2 heterocycles. The summed E-state index contributed by atoms with van der Waals surface area (Å²) in [6.45, 7) is 1.71. The third kappa shape index (κ3) is 2.72. The lowest BCUT2D eigenvalue weighted by Gasteiger charge is -2.12. The van der Waals surface area contributed by atoms with Gasteiger partial charge in [0.25, 0.3) is 11.0 Å². The van der Waals surface area contributed by atoms with Crippen molar-refractivity contribution in [2.24, 2.45) is 14.1 Å². The van der Waals surface area contributed by atoms with E-state index in [0.717, 1.165) is 13.9 Å². The van der Waals surface area contributed by atoms with Crippen LogP contribution in [-0.4, -0.2) is 24.1 Å². The number of aromatic amines is 1. The summed E-state index contributed by atoms with van der Waals surface area (Å²) in [4.78, 5) is 49.6. The highest BCUT2D eigenvalue weighted by Gasteiger charge is 2.19. The largest absolute Gasteiger partial charge is 0.351 e. The molecule has 9 nitrogen and oxygen atoms in total. The number of aromatic nitrogens is 5. The first kappa shape index (κ1) is 17.6. The quantitative estimate of drug-likeness (QED) is 0.631. The highest BCUT2D eigenvalue weighted by Crippen LogP contribution is 2.17. The van der Waals surface area contributed by atoms with Gasteiger partial charge in [0.1, 0.15) is 0 Å². The molecule has 3 aromatic rings. The SMILES string of the molecule is Cc1ccc(Cl)cc1-n1c(=O)c(-c2c[nH]n(C)c(=O)c2=O)nn(C)c1=O. The third-order valence-corrected chi connectivity index (χ3v) is 4.17. The zero-order valence-electron chi connectivity index (χ0n) is 14.1. The fourth-order valence-electron chi connectivity index (χ4n) is 2.51. The van der Waals surface area contributed by atoms with E-state index < -0.39 is 22.2 Å². The topological polar surface area (TPSA) is 112 Å². The number of hydrogen-bond donors (Lipinski definition) is 1. The second-order valence-electron chi connectivity index (χ2n) is 5.71. The molecular weight excluding hydrogens is 362 g/mol. The summed E-state index contributed by atoms with van der Waals surface area (Å²) in [5, 5.41) is 6.78. The molecule has 1 N–H and O–H groups in total. The van der Waals surface area contributed by atoms with Gasteiger partial charge < -0.3 is 5.10 Å². The number of aryl methyl sites for hydroxylation is 3. The van der Waals surface area contributed by atoms with Crippen molar-refractivity contribution in [3.8, 4) is 16.9 Å². The number of halogens is 1. The Morgan fingerprint density at radius 2 is 1.77 bits per heavy atom. The van der Waals surface area contributed by atoms with Gasteiger partial charge in [-0.1, -0.05) is 17.7 Å². The van der Waals surface area contributed by atoms with Crippen LogP contribution in [0, 0.1) is 6.92 Å². The number of nitrogens with zero attached hydrogens (tertiary/aromatic N) is 4. The molecule has 0 aliphatic heterocycles. The van der Waals surface area contributed by atoms with E-state index in [1.165, 1.54) is 26.4 Å².